The summed E-state index contributed by atoms with van der Waals surface area (Å²) < 4.78 is 5.13. The van der Waals surface area contributed by atoms with Gasteiger partial charge >= 0.3 is 0 Å². The van der Waals surface area contributed by atoms with Crippen LogP contribution in [-0.2, 0) is 4.79 Å². The maximum absolute atomic E-state index is 13.0. The molecule has 0 spiro atoms. The van der Waals surface area contributed by atoms with E-state index in [0.717, 1.165) is 38.8 Å². The number of piperidine rings is 2. The topological polar surface area (TPSA) is 66.7 Å². The molecule has 3 fully saturated rings. The first-order chi connectivity index (χ1) is 10.6. The Balaban J connectivity index is 1.55. The molecule has 2 aliphatic heterocycles. The van der Waals surface area contributed by atoms with Gasteiger partial charge in [-0.15, -0.1) is 0 Å². The third-order valence-electron chi connectivity index (χ3n) is 5.59. The summed E-state index contributed by atoms with van der Waals surface area (Å²) in [6.07, 6.45) is 6.52. The average molecular weight is 303 g/mol. The molecule has 2 atom stereocenters. The lowest BCUT2D eigenvalue weighted by atomic mass is 9.98. The molecular weight excluding hydrogens is 282 g/mol. The molecule has 1 aromatic rings. The average Bonchev–Trinajstić information content (AvgIpc) is 2.93. The summed E-state index contributed by atoms with van der Waals surface area (Å²) >= 11 is 0. The lowest BCUT2D eigenvalue weighted by Crippen LogP contribution is -2.53. The van der Waals surface area contributed by atoms with Gasteiger partial charge in [-0.1, -0.05) is 6.92 Å². The number of amides is 2. The second-order valence-corrected chi connectivity index (χ2v) is 6.91. The van der Waals surface area contributed by atoms with E-state index in [1.54, 1.807) is 4.90 Å². The number of hydrogen-bond donors (Lipinski definition) is 0. The van der Waals surface area contributed by atoms with Crippen molar-refractivity contribution in [3.63, 3.8) is 0 Å². The summed E-state index contributed by atoms with van der Waals surface area (Å²) in [6.45, 7) is 4.51. The van der Waals surface area contributed by atoms with Gasteiger partial charge in [0.2, 0.25) is 11.7 Å². The fourth-order valence-corrected chi connectivity index (χ4v) is 4.07. The molecule has 118 valence electrons. The van der Waals surface area contributed by atoms with Crippen LogP contribution in [0, 0.1) is 11.8 Å². The van der Waals surface area contributed by atoms with Crippen LogP contribution in [0.3, 0.4) is 0 Å². The molecule has 1 aliphatic carbocycles. The monoisotopic (exact) mass is 303 g/mol. The molecule has 1 aromatic heterocycles. The fraction of sp³-hybridized carbons (Fsp3) is 0.688. The Bertz CT molecular complexity index is 592. The van der Waals surface area contributed by atoms with Crippen LogP contribution < -0.4 is 0 Å². The molecular formula is C16H21N3O3. The van der Waals surface area contributed by atoms with E-state index in [9.17, 15) is 9.59 Å². The number of carbonyl (C=O) groups is 2. The Labute approximate surface area is 129 Å². The molecule has 0 N–H and O–H groups in total. The van der Waals surface area contributed by atoms with E-state index in [-0.39, 0.29) is 17.6 Å². The van der Waals surface area contributed by atoms with Gasteiger partial charge in [-0.25, -0.2) is 4.98 Å². The standard InChI is InChI=1S/C16H21N3O3/c1-11-2-5-18(6-3-11)15(21)16-8-12(16)4-7-19(16)14(20)13-9-17-10-22-13/h9-12H,2-8H2,1H3. The van der Waals surface area contributed by atoms with Crippen LogP contribution in [-0.4, -0.2) is 51.8 Å². The Kier molecular flexibility index (Phi) is 3.03. The zero-order valence-corrected chi connectivity index (χ0v) is 12.8. The Morgan fingerprint density at radius 3 is 2.68 bits per heavy atom. The van der Waals surface area contributed by atoms with Crippen LogP contribution >= 0.6 is 0 Å². The van der Waals surface area contributed by atoms with Crippen LogP contribution in [0.1, 0.15) is 43.2 Å². The zero-order valence-electron chi connectivity index (χ0n) is 12.8. The molecule has 6 nitrogen and oxygen atoms in total. The van der Waals surface area contributed by atoms with Gasteiger partial charge in [0, 0.05) is 19.6 Å². The minimum absolute atomic E-state index is 0.148. The molecule has 22 heavy (non-hydrogen) atoms. The highest BCUT2D eigenvalue weighted by Gasteiger charge is 2.69. The first-order valence-electron chi connectivity index (χ1n) is 8.13. The molecule has 0 aromatic carbocycles. The molecule has 2 unspecified atom stereocenters. The number of likely N-dealkylation sites (tertiary alicyclic amines) is 2. The predicted octanol–water partition coefficient (Wildman–Crippen LogP) is 1.54. The van der Waals surface area contributed by atoms with Crippen LogP contribution in [0.5, 0.6) is 0 Å². The lowest BCUT2D eigenvalue weighted by molar-refractivity contribution is -0.138. The molecule has 1 saturated carbocycles. The highest BCUT2D eigenvalue weighted by molar-refractivity contribution is 6.00. The van der Waals surface area contributed by atoms with E-state index in [2.05, 4.69) is 11.9 Å². The van der Waals surface area contributed by atoms with Gasteiger partial charge < -0.3 is 14.2 Å². The van der Waals surface area contributed by atoms with Crippen LogP contribution in [0.25, 0.3) is 0 Å². The van der Waals surface area contributed by atoms with E-state index in [4.69, 9.17) is 4.42 Å². The second kappa shape index (κ2) is 4.83. The van der Waals surface area contributed by atoms with E-state index >= 15 is 0 Å². The summed E-state index contributed by atoms with van der Waals surface area (Å²) in [4.78, 5) is 33.2. The number of oxazole rings is 1. The van der Waals surface area contributed by atoms with Crippen molar-refractivity contribution in [2.75, 3.05) is 19.6 Å². The Morgan fingerprint density at radius 2 is 2.05 bits per heavy atom. The van der Waals surface area contributed by atoms with Gasteiger partial charge in [0.05, 0.1) is 6.20 Å². The molecule has 3 aliphatic rings. The highest BCUT2D eigenvalue weighted by Crippen LogP contribution is 2.57. The Morgan fingerprint density at radius 1 is 1.27 bits per heavy atom. The zero-order chi connectivity index (χ0) is 15.3. The molecule has 2 saturated heterocycles. The smallest absolute Gasteiger partial charge is 0.292 e. The molecule has 0 bridgehead atoms. The normalized spacial score (nSPS) is 31.2. The number of nitrogens with zero attached hydrogens (tertiary/aromatic N) is 3. The third-order valence-corrected chi connectivity index (χ3v) is 5.59. The highest BCUT2D eigenvalue weighted by atomic mass is 16.3. The van der Waals surface area contributed by atoms with Gasteiger partial charge in [0.15, 0.2) is 6.39 Å². The first-order valence-corrected chi connectivity index (χ1v) is 8.13. The second-order valence-electron chi connectivity index (χ2n) is 6.91. The summed E-state index contributed by atoms with van der Waals surface area (Å²) in [5, 5.41) is 0. The van der Waals surface area contributed by atoms with Gasteiger partial charge in [0.1, 0.15) is 5.54 Å². The van der Waals surface area contributed by atoms with Crippen molar-refractivity contribution < 1.29 is 14.0 Å². The SMILES string of the molecule is CC1CCN(C(=O)C23CC2CCN3C(=O)c2cnco2)CC1. The number of rotatable bonds is 2. The van der Waals surface area contributed by atoms with E-state index in [0.29, 0.717) is 18.4 Å². The van der Waals surface area contributed by atoms with Crippen LogP contribution in [0.4, 0.5) is 0 Å². The maximum atomic E-state index is 13.0. The number of fused-ring (bicyclic) bond motifs is 1. The van der Waals surface area contributed by atoms with Crippen LogP contribution in [0.2, 0.25) is 0 Å². The van der Waals surface area contributed by atoms with Gasteiger partial charge in [-0.2, -0.15) is 0 Å². The van der Waals surface area contributed by atoms with E-state index < -0.39 is 5.54 Å². The minimum Gasteiger partial charge on any atom is -0.438 e. The van der Waals surface area contributed by atoms with Crippen molar-refractivity contribution in [2.45, 2.75) is 38.1 Å². The van der Waals surface area contributed by atoms with Crippen molar-refractivity contribution >= 4 is 11.8 Å². The third kappa shape index (κ3) is 1.89. The van der Waals surface area contributed by atoms with Crippen molar-refractivity contribution in [1.82, 2.24) is 14.8 Å². The Hall–Kier alpha value is -1.85. The van der Waals surface area contributed by atoms with Gasteiger partial charge in [-0.3, -0.25) is 9.59 Å². The van der Waals surface area contributed by atoms with E-state index in [1.807, 2.05) is 4.90 Å². The molecule has 4 rings (SSSR count). The van der Waals surface area contributed by atoms with Gasteiger partial charge in [-0.05, 0) is 37.5 Å². The van der Waals surface area contributed by atoms with E-state index in [1.165, 1.54) is 12.6 Å². The van der Waals surface area contributed by atoms with Crippen molar-refractivity contribution in [3.8, 4) is 0 Å². The van der Waals surface area contributed by atoms with Gasteiger partial charge in [0.25, 0.3) is 5.91 Å². The molecule has 3 heterocycles. The lowest BCUT2D eigenvalue weighted by Gasteiger charge is -2.36. The summed E-state index contributed by atoms with van der Waals surface area (Å²) in [7, 11) is 0. The maximum Gasteiger partial charge on any atom is 0.292 e. The largest absolute Gasteiger partial charge is 0.438 e. The minimum atomic E-state index is -0.593. The summed E-state index contributed by atoms with van der Waals surface area (Å²) in [6, 6.07) is 0. The number of hydrogen-bond acceptors (Lipinski definition) is 4. The molecule has 6 heteroatoms. The fourth-order valence-electron chi connectivity index (χ4n) is 4.07. The van der Waals surface area contributed by atoms with Crippen molar-refractivity contribution in [1.29, 1.82) is 0 Å². The summed E-state index contributed by atoms with van der Waals surface area (Å²) in [5.74, 6) is 1.19. The van der Waals surface area contributed by atoms with Crippen molar-refractivity contribution in [2.24, 2.45) is 11.8 Å². The first kappa shape index (κ1) is 13.8. The molecule has 0 radical (unpaired) electrons. The van der Waals surface area contributed by atoms with Crippen molar-refractivity contribution in [3.05, 3.63) is 18.4 Å². The number of carbonyl (C=O) groups excluding carboxylic acids is 2. The number of aromatic nitrogens is 1. The molecule has 2 amide bonds. The quantitative estimate of drug-likeness (QED) is 0.831. The van der Waals surface area contributed by atoms with Crippen LogP contribution in [0.15, 0.2) is 17.0 Å². The predicted molar refractivity (Wildman–Crippen MR) is 78.0 cm³/mol. The summed E-state index contributed by atoms with van der Waals surface area (Å²) in [5.41, 5.74) is -0.593.